The quantitative estimate of drug-likeness (QED) is 0.863. The molecule has 1 aliphatic rings. The minimum atomic E-state index is 0.120. The Morgan fingerprint density at radius 1 is 1.39 bits per heavy atom. The number of aliphatic hydroxyl groups excluding tert-OH is 1. The van der Waals surface area contributed by atoms with Gasteiger partial charge in [0.25, 0.3) is 0 Å². The van der Waals surface area contributed by atoms with E-state index in [-0.39, 0.29) is 5.41 Å². The van der Waals surface area contributed by atoms with Crippen LogP contribution in [-0.2, 0) is 12.0 Å². The van der Waals surface area contributed by atoms with Crippen LogP contribution in [-0.4, -0.2) is 39.9 Å². The van der Waals surface area contributed by atoms with Gasteiger partial charge in [-0.05, 0) is 31.8 Å². The minimum absolute atomic E-state index is 0.120. The van der Waals surface area contributed by atoms with E-state index in [0.29, 0.717) is 12.5 Å². The van der Waals surface area contributed by atoms with Crippen LogP contribution < -0.4 is 0 Å². The third-order valence-electron chi connectivity index (χ3n) is 3.83. The number of hydrogen-bond acceptors (Lipinski definition) is 3. The Morgan fingerprint density at radius 2 is 2.06 bits per heavy atom. The van der Waals surface area contributed by atoms with Crippen molar-refractivity contribution < 1.29 is 5.11 Å². The molecule has 2 heterocycles. The van der Waals surface area contributed by atoms with Gasteiger partial charge >= 0.3 is 0 Å². The number of aromatic amines is 1. The summed E-state index contributed by atoms with van der Waals surface area (Å²) in [7, 11) is 0. The summed E-state index contributed by atoms with van der Waals surface area (Å²) >= 11 is 0. The lowest BCUT2D eigenvalue weighted by Crippen LogP contribution is -2.34. The fraction of sp³-hybridized carbons (Fsp3) is 0.786. The van der Waals surface area contributed by atoms with Gasteiger partial charge in [-0.2, -0.15) is 5.10 Å². The van der Waals surface area contributed by atoms with E-state index in [9.17, 15) is 0 Å². The molecule has 102 valence electrons. The number of likely N-dealkylation sites (tertiary alicyclic amines) is 1. The summed E-state index contributed by atoms with van der Waals surface area (Å²) in [6, 6.07) is 0. The summed E-state index contributed by atoms with van der Waals surface area (Å²) in [5, 5.41) is 16.5. The van der Waals surface area contributed by atoms with Crippen molar-refractivity contribution in [2.75, 3.05) is 19.7 Å². The molecule has 0 aromatic carbocycles. The zero-order chi connectivity index (χ0) is 13.2. The number of rotatable bonds is 3. The Hall–Kier alpha value is -0.870. The highest BCUT2D eigenvalue weighted by molar-refractivity contribution is 5.23. The van der Waals surface area contributed by atoms with E-state index in [2.05, 4.69) is 35.9 Å². The summed E-state index contributed by atoms with van der Waals surface area (Å²) in [5.74, 6) is 0.507. The normalized spacial score (nSPS) is 19.3. The Labute approximate surface area is 109 Å². The second-order valence-corrected chi connectivity index (χ2v) is 6.42. The van der Waals surface area contributed by atoms with Gasteiger partial charge in [0.15, 0.2) is 0 Å². The molecule has 0 spiro atoms. The molecule has 4 heteroatoms. The third kappa shape index (κ3) is 3.12. The molecule has 0 saturated carbocycles. The minimum Gasteiger partial charge on any atom is -0.396 e. The maximum Gasteiger partial charge on any atom is 0.0535 e. The zero-order valence-corrected chi connectivity index (χ0v) is 11.7. The third-order valence-corrected chi connectivity index (χ3v) is 3.83. The molecule has 0 bridgehead atoms. The molecule has 2 N–H and O–H groups in total. The molecular weight excluding hydrogens is 226 g/mol. The molecule has 0 atom stereocenters. The predicted octanol–water partition coefficient (Wildman–Crippen LogP) is 1.91. The molecule has 1 aromatic rings. The maximum atomic E-state index is 9.15. The first-order valence-electron chi connectivity index (χ1n) is 6.86. The van der Waals surface area contributed by atoms with E-state index in [4.69, 9.17) is 5.11 Å². The number of hydrogen-bond donors (Lipinski definition) is 2. The monoisotopic (exact) mass is 251 g/mol. The first-order valence-corrected chi connectivity index (χ1v) is 6.86. The number of aromatic nitrogens is 2. The molecule has 4 nitrogen and oxygen atoms in total. The lowest BCUT2D eigenvalue weighted by atomic mass is 9.89. The number of nitrogens with one attached hydrogen (secondary N) is 1. The van der Waals surface area contributed by atoms with Crippen LogP contribution >= 0.6 is 0 Å². The van der Waals surface area contributed by atoms with Gasteiger partial charge in [-0.3, -0.25) is 10.00 Å². The maximum absolute atomic E-state index is 9.15. The van der Waals surface area contributed by atoms with Crippen LogP contribution in [0, 0.1) is 5.92 Å². The van der Waals surface area contributed by atoms with Gasteiger partial charge in [-0.1, -0.05) is 20.8 Å². The molecule has 1 saturated heterocycles. The van der Waals surface area contributed by atoms with Crippen LogP contribution in [0.2, 0.25) is 0 Å². The number of nitrogens with zero attached hydrogens (tertiary/aromatic N) is 2. The van der Waals surface area contributed by atoms with Gasteiger partial charge in [0, 0.05) is 29.8 Å². The molecule has 0 amide bonds. The van der Waals surface area contributed by atoms with Crippen molar-refractivity contribution in [3.8, 4) is 0 Å². The van der Waals surface area contributed by atoms with Crippen molar-refractivity contribution in [3.05, 3.63) is 17.5 Å². The van der Waals surface area contributed by atoms with Gasteiger partial charge in [0.1, 0.15) is 0 Å². The highest BCUT2D eigenvalue weighted by Crippen LogP contribution is 2.25. The fourth-order valence-electron chi connectivity index (χ4n) is 2.65. The van der Waals surface area contributed by atoms with Gasteiger partial charge in [0.05, 0.1) is 6.20 Å². The highest BCUT2D eigenvalue weighted by Gasteiger charge is 2.23. The molecule has 2 rings (SSSR count). The first kappa shape index (κ1) is 13.6. The predicted molar refractivity (Wildman–Crippen MR) is 72.4 cm³/mol. The molecule has 0 unspecified atom stereocenters. The molecule has 1 fully saturated rings. The summed E-state index contributed by atoms with van der Waals surface area (Å²) < 4.78 is 0. The highest BCUT2D eigenvalue weighted by atomic mass is 16.3. The van der Waals surface area contributed by atoms with Crippen LogP contribution in [0.3, 0.4) is 0 Å². The van der Waals surface area contributed by atoms with Gasteiger partial charge < -0.3 is 5.11 Å². The van der Waals surface area contributed by atoms with Gasteiger partial charge in [0.2, 0.25) is 0 Å². The second kappa shape index (κ2) is 5.41. The zero-order valence-electron chi connectivity index (χ0n) is 11.7. The average molecular weight is 251 g/mol. The van der Waals surface area contributed by atoms with E-state index in [0.717, 1.165) is 32.5 Å². The van der Waals surface area contributed by atoms with E-state index in [1.807, 2.05) is 6.20 Å². The van der Waals surface area contributed by atoms with Crippen molar-refractivity contribution >= 4 is 0 Å². The molecule has 1 aliphatic heterocycles. The van der Waals surface area contributed by atoms with Crippen molar-refractivity contribution in [2.24, 2.45) is 5.92 Å². The average Bonchev–Trinajstić information content (AvgIpc) is 2.78. The first-order chi connectivity index (χ1) is 8.50. The van der Waals surface area contributed by atoms with Crippen molar-refractivity contribution in [3.63, 3.8) is 0 Å². The van der Waals surface area contributed by atoms with Gasteiger partial charge in [-0.25, -0.2) is 0 Å². The van der Waals surface area contributed by atoms with E-state index in [1.165, 1.54) is 11.3 Å². The second-order valence-electron chi connectivity index (χ2n) is 6.42. The Kier molecular flexibility index (Phi) is 4.07. The van der Waals surface area contributed by atoms with Crippen molar-refractivity contribution in [2.45, 2.75) is 45.6 Å². The largest absolute Gasteiger partial charge is 0.396 e. The molecule has 1 aromatic heterocycles. The van der Waals surface area contributed by atoms with Crippen LogP contribution in [0.25, 0.3) is 0 Å². The van der Waals surface area contributed by atoms with Crippen molar-refractivity contribution in [1.29, 1.82) is 0 Å². The lowest BCUT2D eigenvalue weighted by Gasteiger charge is -2.31. The van der Waals surface area contributed by atoms with E-state index >= 15 is 0 Å². The number of piperidine rings is 1. The van der Waals surface area contributed by atoms with Crippen LogP contribution in [0.5, 0.6) is 0 Å². The van der Waals surface area contributed by atoms with Crippen LogP contribution in [0.4, 0.5) is 0 Å². The summed E-state index contributed by atoms with van der Waals surface area (Å²) in [6.07, 6.45) is 4.18. The molecule has 18 heavy (non-hydrogen) atoms. The molecular formula is C14H25N3O. The molecule has 0 aliphatic carbocycles. The Balaban J connectivity index is 1.97. The Bertz CT molecular complexity index is 373. The number of H-pyrrole nitrogens is 1. The molecule has 0 radical (unpaired) electrons. The van der Waals surface area contributed by atoms with Crippen LogP contribution in [0.1, 0.15) is 44.9 Å². The lowest BCUT2D eigenvalue weighted by molar-refractivity contribution is 0.127. The Morgan fingerprint density at radius 3 is 2.61 bits per heavy atom. The smallest absolute Gasteiger partial charge is 0.0535 e. The van der Waals surface area contributed by atoms with Crippen molar-refractivity contribution in [1.82, 2.24) is 15.1 Å². The summed E-state index contributed by atoms with van der Waals surface area (Å²) in [6.45, 7) is 10.1. The summed E-state index contributed by atoms with van der Waals surface area (Å²) in [4.78, 5) is 2.46. The topological polar surface area (TPSA) is 52.2 Å². The SMILES string of the molecule is CC(C)(C)c1[nH]ncc1CN1CCC(CO)CC1. The van der Waals surface area contributed by atoms with E-state index in [1.54, 1.807) is 0 Å². The summed E-state index contributed by atoms with van der Waals surface area (Å²) in [5.41, 5.74) is 2.67. The fourth-order valence-corrected chi connectivity index (χ4v) is 2.65. The van der Waals surface area contributed by atoms with Crippen LogP contribution in [0.15, 0.2) is 6.20 Å². The standard InChI is InChI=1S/C14H25N3O/c1-14(2,3)13-12(8-15-16-13)9-17-6-4-11(10-18)5-7-17/h8,11,18H,4-7,9-10H2,1-3H3,(H,15,16). The van der Waals surface area contributed by atoms with Gasteiger partial charge in [-0.15, -0.1) is 0 Å². The number of aliphatic hydroxyl groups is 1. The van der Waals surface area contributed by atoms with E-state index < -0.39 is 0 Å².